The lowest BCUT2D eigenvalue weighted by Crippen LogP contribution is -2.45. The Kier molecular flexibility index (Phi) is 3.43. The average molecular weight is 213 g/mol. The fourth-order valence-corrected chi connectivity index (χ4v) is 4.46. The molecule has 1 N–H and O–H groups in total. The van der Waals surface area contributed by atoms with E-state index in [4.69, 9.17) is 0 Å². The molecule has 0 aromatic carbocycles. The number of rotatable bonds is 2. The molecule has 0 aromatic heterocycles. The van der Waals surface area contributed by atoms with Crippen LogP contribution < -0.4 is 5.32 Å². The summed E-state index contributed by atoms with van der Waals surface area (Å²) in [6.07, 6.45) is 8.57. The van der Waals surface area contributed by atoms with Gasteiger partial charge in [-0.3, -0.25) is 5.32 Å². The molecule has 0 bridgehead atoms. The zero-order chi connectivity index (χ0) is 10.0. The minimum absolute atomic E-state index is 0.404. The van der Waals surface area contributed by atoms with Crippen LogP contribution >= 0.6 is 11.8 Å². The van der Waals surface area contributed by atoms with Crippen LogP contribution in [0.15, 0.2) is 0 Å². The predicted octanol–water partition coefficient (Wildman–Crippen LogP) is 3.40. The van der Waals surface area contributed by atoms with Gasteiger partial charge in [0.2, 0.25) is 0 Å². The van der Waals surface area contributed by atoms with Crippen LogP contribution in [0.25, 0.3) is 0 Å². The average Bonchev–Trinajstić information content (AvgIpc) is 2.63. The second kappa shape index (κ2) is 4.44. The van der Waals surface area contributed by atoms with E-state index in [0.717, 1.165) is 12.0 Å². The van der Waals surface area contributed by atoms with Crippen molar-refractivity contribution >= 4 is 11.8 Å². The summed E-state index contributed by atoms with van der Waals surface area (Å²) in [4.78, 5) is 0.404. The Morgan fingerprint density at radius 1 is 1.29 bits per heavy atom. The first-order chi connectivity index (χ1) is 6.74. The van der Waals surface area contributed by atoms with Crippen molar-refractivity contribution in [2.75, 3.05) is 5.75 Å². The number of nitrogens with one attached hydrogen (secondary N) is 1. The SMILES string of the molecule is CCC1CSC(C)(C2CCCCC2)N1. The molecule has 14 heavy (non-hydrogen) atoms. The van der Waals surface area contributed by atoms with E-state index in [-0.39, 0.29) is 0 Å². The van der Waals surface area contributed by atoms with E-state index < -0.39 is 0 Å². The topological polar surface area (TPSA) is 12.0 Å². The molecule has 2 atom stereocenters. The van der Waals surface area contributed by atoms with Crippen molar-refractivity contribution in [3.63, 3.8) is 0 Å². The lowest BCUT2D eigenvalue weighted by atomic mass is 9.84. The summed E-state index contributed by atoms with van der Waals surface area (Å²) in [6.45, 7) is 4.73. The van der Waals surface area contributed by atoms with Crippen molar-refractivity contribution in [3.8, 4) is 0 Å². The highest BCUT2D eigenvalue weighted by Gasteiger charge is 2.40. The third-order valence-corrected chi connectivity index (χ3v) is 5.57. The normalized spacial score (nSPS) is 40.3. The van der Waals surface area contributed by atoms with Gasteiger partial charge in [0.1, 0.15) is 0 Å². The second-order valence-corrected chi connectivity index (χ2v) is 6.47. The van der Waals surface area contributed by atoms with Gasteiger partial charge in [0.05, 0.1) is 4.87 Å². The molecule has 0 spiro atoms. The molecule has 1 aliphatic carbocycles. The quantitative estimate of drug-likeness (QED) is 0.754. The van der Waals surface area contributed by atoms with Gasteiger partial charge in [-0.15, -0.1) is 11.8 Å². The van der Waals surface area contributed by atoms with Crippen molar-refractivity contribution in [1.29, 1.82) is 0 Å². The lowest BCUT2D eigenvalue weighted by molar-refractivity contribution is 0.252. The highest BCUT2D eigenvalue weighted by molar-refractivity contribution is 8.00. The number of thioether (sulfide) groups is 1. The molecule has 0 radical (unpaired) electrons. The summed E-state index contributed by atoms with van der Waals surface area (Å²) in [7, 11) is 0. The molecule has 2 heteroatoms. The van der Waals surface area contributed by atoms with Crippen LogP contribution in [-0.2, 0) is 0 Å². The van der Waals surface area contributed by atoms with Crippen LogP contribution in [0.5, 0.6) is 0 Å². The van der Waals surface area contributed by atoms with E-state index in [1.54, 1.807) is 0 Å². The Labute approximate surface area is 92.4 Å². The van der Waals surface area contributed by atoms with Gasteiger partial charge in [0, 0.05) is 11.8 Å². The Bertz CT molecular complexity index is 189. The van der Waals surface area contributed by atoms with E-state index >= 15 is 0 Å². The Hall–Kier alpha value is 0.310. The van der Waals surface area contributed by atoms with Crippen molar-refractivity contribution in [2.24, 2.45) is 5.92 Å². The van der Waals surface area contributed by atoms with Crippen LogP contribution in [0.2, 0.25) is 0 Å². The summed E-state index contributed by atoms with van der Waals surface area (Å²) in [5.41, 5.74) is 0. The van der Waals surface area contributed by atoms with Crippen molar-refractivity contribution in [2.45, 2.75) is 63.3 Å². The molecule has 0 aromatic rings. The molecule has 82 valence electrons. The largest absolute Gasteiger partial charge is 0.299 e. The Morgan fingerprint density at radius 3 is 2.57 bits per heavy atom. The maximum atomic E-state index is 3.85. The highest BCUT2D eigenvalue weighted by atomic mass is 32.2. The zero-order valence-electron chi connectivity index (χ0n) is 9.51. The monoisotopic (exact) mass is 213 g/mol. The smallest absolute Gasteiger partial charge is 0.0648 e. The molecular weight excluding hydrogens is 190 g/mol. The summed E-state index contributed by atoms with van der Waals surface area (Å²) in [6, 6.07) is 0.770. The standard InChI is InChI=1S/C12H23NS/c1-3-11-9-14-12(2,13-11)10-7-5-4-6-8-10/h10-11,13H,3-9H2,1-2H3. The molecule has 1 saturated heterocycles. The zero-order valence-corrected chi connectivity index (χ0v) is 10.3. The van der Waals surface area contributed by atoms with Crippen LogP contribution in [0.4, 0.5) is 0 Å². The molecule has 2 fully saturated rings. The van der Waals surface area contributed by atoms with Gasteiger partial charge < -0.3 is 0 Å². The summed E-state index contributed by atoms with van der Waals surface area (Å²) < 4.78 is 0. The van der Waals surface area contributed by atoms with Gasteiger partial charge in [-0.2, -0.15) is 0 Å². The van der Waals surface area contributed by atoms with E-state index in [1.165, 1.54) is 44.3 Å². The molecule has 2 unspecified atom stereocenters. The van der Waals surface area contributed by atoms with Gasteiger partial charge in [0.15, 0.2) is 0 Å². The Balaban J connectivity index is 1.94. The van der Waals surface area contributed by atoms with Gasteiger partial charge >= 0.3 is 0 Å². The van der Waals surface area contributed by atoms with Crippen molar-refractivity contribution in [1.82, 2.24) is 5.32 Å². The summed E-state index contributed by atoms with van der Waals surface area (Å²) >= 11 is 2.17. The lowest BCUT2D eigenvalue weighted by Gasteiger charge is -2.36. The van der Waals surface area contributed by atoms with Gasteiger partial charge in [-0.25, -0.2) is 0 Å². The molecule has 2 aliphatic rings. The van der Waals surface area contributed by atoms with E-state index in [1.807, 2.05) is 0 Å². The Morgan fingerprint density at radius 2 is 2.00 bits per heavy atom. The fraction of sp³-hybridized carbons (Fsp3) is 1.00. The molecule has 1 aliphatic heterocycles. The first-order valence-corrected chi connectivity index (χ1v) is 7.15. The van der Waals surface area contributed by atoms with Crippen LogP contribution in [0, 0.1) is 5.92 Å². The summed E-state index contributed by atoms with van der Waals surface area (Å²) in [5.74, 6) is 2.25. The first-order valence-electron chi connectivity index (χ1n) is 6.16. The van der Waals surface area contributed by atoms with Crippen LogP contribution in [-0.4, -0.2) is 16.7 Å². The van der Waals surface area contributed by atoms with E-state index in [2.05, 4.69) is 30.9 Å². The molecular formula is C12H23NS. The van der Waals surface area contributed by atoms with Crippen molar-refractivity contribution in [3.05, 3.63) is 0 Å². The minimum atomic E-state index is 0.404. The first kappa shape index (κ1) is 10.8. The molecule has 1 nitrogen and oxygen atoms in total. The maximum Gasteiger partial charge on any atom is 0.0648 e. The molecule has 2 rings (SSSR count). The second-order valence-electron chi connectivity index (χ2n) is 5.00. The van der Waals surface area contributed by atoms with E-state index in [9.17, 15) is 0 Å². The van der Waals surface area contributed by atoms with Crippen molar-refractivity contribution < 1.29 is 0 Å². The third-order valence-electron chi connectivity index (χ3n) is 3.95. The highest BCUT2D eigenvalue weighted by Crippen LogP contribution is 2.43. The fourth-order valence-electron chi connectivity index (χ4n) is 2.87. The predicted molar refractivity (Wildman–Crippen MR) is 64.7 cm³/mol. The maximum absolute atomic E-state index is 3.85. The van der Waals surface area contributed by atoms with Gasteiger partial charge in [-0.05, 0) is 32.1 Å². The minimum Gasteiger partial charge on any atom is -0.299 e. The van der Waals surface area contributed by atoms with Gasteiger partial charge in [0.25, 0.3) is 0 Å². The molecule has 0 amide bonds. The third kappa shape index (κ3) is 2.11. The van der Waals surface area contributed by atoms with Crippen LogP contribution in [0.3, 0.4) is 0 Å². The molecule has 1 heterocycles. The van der Waals surface area contributed by atoms with Gasteiger partial charge in [-0.1, -0.05) is 26.2 Å². The number of hydrogen-bond donors (Lipinski definition) is 1. The molecule has 1 saturated carbocycles. The summed E-state index contributed by atoms with van der Waals surface area (Å²) in [5, 5.41) is 3.85. The van der Waals surface area contributed by atoms with E-state index in [0.29, 0.717) is 4.87 Å². The van der Waals surface area contributed by atoms with Crippen LogP contribution in [0.1, 0.15) is 52.4 Å². The number of hydrogen-bond acceptors (Lipinski definition) is 2.